The quantitative estimate of drug-likeness (QED) is 0.545. The third-order valence-electron chi connectivity index (χ3n) is 4.86. The zero-order valence-corrected chi connectivity index (χ0v) is 15.5. The van der Waals surface area contributed by atoms with Crippen LogP contribution in [0.1, 0.15) is 0 Å². The Morgan fingerprint density at radius 3 is 2.68 bits per heavy atom. The molecule has 4 heterocycles. The average Bonchev–Trinajstić information content (AvgIpc) is 3.41. The lowest BCUT2D eigenvalue weighted by Gasteiger charge is -2.29. The zero-order chi connectivity index (χ0) is 18.9. The molecule has 8 nitrogen and oxygen atoms in total. The first-order chi connectivity index (χ1) is 13.8. The Morgan fingerprint density at radius 1 is 1.07 bits per heavy atom. The fourth-order valence-electron chi connectivity index (χ4n) is 3.46. The minimum atomic E-state index is 0.564. The highest BCUT2D eigenvalue weighted by Crippen LogP contribution is 2.30. The van der Waals surface area contributed by atoms with Gasteiger partial charge in [-0.1, -0.05) is 30.3 Å². The first kappa shape index (κ1) is 16.8. The van der Waals surface area contributed by atoms with Gasteiger partial charge in [-0.15, -0.1) is 5.10 Å². The Kier molecular flexibility index (Phi) is 4.17. The average molecular weight is 376 g/mol. The van der Waals surface area contributed by atoms with Crippen molar-refractivity contribution >= 4 is 11.5 Å². The number of nitrogens with zero attached hydrogens (tertiary/aromatic N) is 6. The van der Waals surface area contributed by atoms with Crippen LogP contribution in [-0.2, 0) is 4.74 Å². The fourth-order valence-corrected chi connectivity index (χ4v) is 3.46. The Bertz CT molecular complexity index is 1100. The van der Waals surface area contributed by atoms with Crippen LogP contribution in [0.2, 0.25) is 0 Å². The van der Waals surface area contributed by atoms with E-state index in [2.05, 4.69) is 15.1 Å². The maximum atomic E-state index is 5.52. The molecule has 0 unspecified atom stereocenters. The molecule has 8 heteroatoms. The highest BCUT2D eigenvalue weighted by atomic mass is 16.5. The Hall–Kier alpha value is -3.39. The van der Waals surface area contributed by atoms with Gasteiger partial charge in [-0.2, -0.15) is 9.61 Å². The van der Waals surface area contributed by atoms with Gasteiger partial charge in [0.25, 0.3) is 0 Å². The molecule has 5 rings (SSSR count). The van der Waals surface area contributed by atoms with Crippen molar-refractivity contribution < 1.29 is 9.47 Å². The molecule has 1 fully saturated rings. The van der Waals surface area contributed by atoms with Gasteiger partial charge in [-0.25, -0.2) is 9.67 Å². The van der Waals surface area contributed by atoms with Crippen LogP contribution in [0.3, 0.4) is 0 Å². The van der Waals surface area contributed by atoms with Crippen LogP contribution in [0.15, 0.2) is 54.9 Å². The Morgan fingerprint density at radius 2 is 1.89 bits per heavy atom. The topological polar surface area (TPSA) is 69.7 Å². The van der Waals surface area contributed by atoms with E-state index >= 15 is 0 Å². The zero-order valence-electron chi connectivity index (χ0n) is 15.5. The second-order valence-corrected chi connectivity index (χ2v) is 6.54. The summed E-state index contributed by atoms with van der Waals surface area (Å²) in [6, 6.07) is 14.0. The van der Waals surface area contributed by atoms with E-state index in [1.54, 1.807) is 18.0 Å². The van der Waals surface area contributed by atoms with Gasteiger partial charge in [0.2, 0.25) is 5.88 Å². The maximum absolute atomic E-state index is 5.52. The second-order valence-electron chi connectivity index (χ2n) is 6.54. The highest BCUT2D eigenvalue weighted by Gasteiger charge is 2.19. The molecule has 0 atom stereocenters. The van der Waals surface area contributed by atoms with Crippen molar-refractivity contribution in [1.82, 2.24) is 24.4 Å². The number of methoxy groups -OCH3 is 1. The van der Waals surface area contributed by atoms with E-state index < -0.39 is 0 Å². The summed E-state index contributed by atoms with van der Waals surface area (Å²) >= 11 is 0. The summed E-state index contributed by atoms with van der Waals surface area (Å²) in [6.45, 7) is 3.04. The predicted octanol–water partition coefficient (Wildman–Crippen LogP) is 2.43. The van der Waals surface area contributed by atoms with Crippen LogP contribution in [0, 0.1) is 0 Å². The molecule has 0 radical (unpaired) electrons. The molecule has 4 aromatic rings. The van der Waals surface area contributed by atoms with Crippen LogP contribution >= 0.6 is 0 Å². The maximum Gasteiger partial charge on any atom is 0.240 e. The number of hydrogen-bond donors (Lipinski definition) is 0. The summed E-state index contributed by atoms with van der Waals surface area (Å²) in [5.74, 6) is 2.26. The molecular formula is C20H20N6O2. The second kappa shape index (κ2) is 6.97. The minimum Gasteiger partial charge on any atom is -0.479 e. The summed E-state index contributed by atoms with van der Waals surface area (Å²) < 4.78 is 14.6. The van der Waals surface area contributed by atoms with Crippen molar-refractivity contribution in [1.29, 1.82) is 0 Å². The molecule has 0 spiro atoms. The smallest absolute Gasteiger partial charge is 0.240 e. The van der Waals surface area contributed by atoms with E-state index in [1.807, 2.05) is 53.2 Å². The lowest BCUT2D eigenvalue weighted by molar-refractivity contribution is 0.122. The molecule has 0 saturated carbocycles. The van der Waals surface area contributed by atoms with Gasteiger partial charge in [0.1, 0.15) is 5.82 Å². The molecule has 1 saturated heterocycles. The van der Waals surface area contributed by atoms with Crippen LogP contribution in [0.4, 0.5) is 5.82 Å². The third-order valence-corrected chi connectivity index (χ3v) is 4.86. The molecule has 1 aromatic carbocycles. The number of morpholine rings is 1. The lowest BCUT2D eigenvalue weighted by atomic mass is 10.1. The number of ether oxygens (including phenoxy) is 2. The van der Waals surface area contributed by atoms with Crippen molar-refractivity contribution in [3.05, 3.63) is 54.9 Å². The molecular weight excluding hydrogens is 356 g/mol. The van der Waals surface area contributed by atoms with Gasteiger partial charge in [0.05, 0.1) is 32.1 Å². The molecule has 1 aliphatic rings. The van der Waals surface area contributed by atoms with Gasteiger partial charge in [0, 0.05) is 31.4 Å². The van der Waals surface area contributed by atoms with E-state index in [4.69, 9.17) is 14.5 Å². The molecule has 0 amide bonds. The van der Waals surface area contributed by atoms with Gasteiger partial charge < -0.3 is 14.4 Å². The molecule has 142 valence electrons. The van der Waals surface area contributed by atoms with E-state index in [0.29, 0.717) is 19.1 Å². The van der Waals surface area contributed by atoms with Crippen LogP contribution in [0.5, 0.6) is 5.88 Å². The molecule has 0 aliphatic carbocycles. The number of benzene rings is 1. The normalized spacial score (nSPS) is 14.5. The summed E-state index contributed by atoms with van der Waals surface area (Å²) in [6.07, 6.45) is 3.71. The van der Waals surface area contributed by atoms with Gasteiger partial charge in [0.15, 0.2) is 11.5 Å². The molecule has 3 aromatic heterocycles. The third kappa shape index (κ3) is 2.87. The monoisotopic (exact) mass is 376 g/mol. The van der Waals surface area contributed by atoms with Crippen molar-refractivity contribution in [2.45, 2.75) is 0 Å². The summed E-state index contributed by atoms with van der Waals surface area (Å²) in [5, 5.41) is 9.04. The predicted molar refractivity (Wildman–Crippen MR) is 105 cm³/mol. The molecule has 0 bridgehead atoms. The van der Waals surface area contributed by atoms with Gasteiger partial charge >= 0.3 is 0 Å². The standard InChI is InChI=1S/C20H20N6O2/c1-27-20-16(15-5-3-2-4-6-15)14-25(23-20)18-13-19(24-9-11-28-12-10-24)26-17(22-18)7-8-21-26/h2-8,13-14H,9-12H2,1H3. The molecule has 28 heavy (non-hydrogen) atoms. The number of hydrogen-bond acceptors (Lipinski definition) is 6. The lowest BCUT2D eigenvalue weighted by Crippen LogP contribution is -2.37. The minimum absolute atomic E-state index is 0.564. The molecule has 1 aliphatic heterocycles. The first-order valence-corrected chi connectivity index (χ1v) is 9.20. The fraction of sp³-hybridized carbons (Fsp3) is 0.250. The number of fused-ring (bicyclic) bond motifs is 1. The van der Waals surface area contributed by atoms with Crippen molar-refractivity contribution in [2.24, 2.45) is 0 Å². The Balaban J connectivity index is 1.62. The van der Waals surface area contributed by atoms with Gasteiger partial charge in [-0.3, -0.25) is 0 Å². The van der Waals surface area contributed by atoms with Crippen molar-refractivity contribution in [3.63, 3.8) is 0 Å². The van der Waals surface area contributed by atoms with E-state index in [0.717, 1.165) is 41.5 Å². The van der Waals surface area contributed by atoms with E-state index in [-0.39, 0.29) is 0 Å². The summed E-state index contributed by atoms with van der Waals surface area (Å²) in [4.78, 5) is 6.99. The number of anilines is 1. The van der Waals surface area contributed by atoms with Crippen LogP contribution in [0.25, 0.3) is 22.6 Å². The summed E-state index contributed by atoms with van der Waals surface area (Å²) in [5.41, 5.74) is 2.74. The van der Waals surface area contributed by atoms with Gasteiger partial charge in [-0.05, 0) is 5.56 Å². The van der Waals surface area contributed by atoms with Crippen LogP contribution < -0.4 is 9.64 Å². The first-order valence-electron chi connectivity index (χ1n) is 9.20. The largest absolute Gasteiger partial charge is 0.479 e. The summed E-state index contributed by atoms with van der Waals surface area (Å²) in [7, 11) is 1.63. The van der Waals surface area contributed by atoms with Crippen molar-refractivity contribution in [2.75, 3.05) is 38.3 Å². The Labute approximate surface area is 161 Å². The number of aromatic nitrogens is 5. The SMILES string of the molecule is COc1nn(-c2cc(N3CCOCC3)n3nccc3n2)cc1-c1ccccc1. The highest BCUT2D eigenvalue weighted by molar-refractivity contribution is 5.68. The number of rotatable bonds is 4. The molecule has 0 N–H and O–H groups in total. The van der Waals surface area contributed by atoms with Crippen LogP contribution in [-0.4, -0.2) is 57.8 Å². The van der Waals surface area contributed by atoms with Crippen molar-refractivity contribution in [3.8, 4) is 22.8 Å². The van der Waals surface area contributed by atoms with E-state index in [9.17, 15) is 0 Å². The van der Waals surface area contributed by atoms with E-state index in [1.165, 1.54) is 0 Å².